The van der Waals surface area contributed by atoms with Crippen LogP contribution < -0.4 is 22.9 Å². The molecule has 0 heterocycles. The van der Waals surface area contributed by atoms with Gasteiger partial charge in [-0.15, -0.1) is 0 Å². The molecule has 0 aliphatic heterocycles. The van der Waals surface area contributed by atoms with Gasteiger partial charge >= 0.3 is 0 Å². The molecule has 0 radical (unpaired) electrons. The molecule has 0 aromatic carbocycles. The van der Waals surface area contributed by atoms with Crippen LogP contribution in [0.25, 0.3) is 0 Å². The van der Waals surface area contributed by atoms with Crippen molar-refractivity contribution < 1.29 is 14.2 Å². The zero-order valence-electron chi connectivity index (χ0n) is 26.2. The van der Waals surface area contributed by atoms with Gasteiger partial charge in [0, 0.05) is 25.2 Å². The van der Waals surface area contributed by atoms with E-state index in [4.69, 9.17) is 37.1 Å². The van der Waals surface area contributed by atoms with Crippen LogP contribution in [0.1, 0.15) is 97.8 Å². The van der Waals surface area contributed by atoms with Gasteiger partial charge in [0.1, 0.15) is 0 Å². The van der Waals surface area contributed by atoms with Gasteiger partial charge in [-0.05, 0) is 144 Å². The standard InChI is InChI=1S/C33H64N4O3/c1-23(8-4-13-34)26-9-10-27-31-28(22-30(33(26,27)3)40-19-7-16-37)32(2)12-11-25(38-17-5-14-35)20-24(32)21-29(31)39-18-6-15-36/h23-31H,4-22,34-37H2,1-3H3/t23-,24?,25-,26-,27+,28+,29-,30+,31?,32+,33-/m1/s1. The highest BCUT2D eigenvalue weighted by Crippen LogP contribution is 2.69. The summed E-state index contributed by atoms with van der Waals surface area (Å²) in [5, 5.41) is 0. The molecule has 0 amide bonds. The zero-order chi connectivity index (χ0) is 28.8. The first-order valence-electron chi connectivity index (χ1n) is 17.0. The lowest BCUT2D eigenvalue weighted by Crippen LogP contribution is -2.63. The fourth-order valence-corrected chi connectivity index (χ4v) is 10.2. The average Bonchev–Trinajstić information content (AvgIpc) is 3.31. The Balaban J connectivity index is 1.64. The summed E-state index contributed by atoms with van der Waals surface area (Å²) in [5.74, 6) is 3.83. The molecule has 0 saturated heterocycles. The van der Waals surface area contributed by atoms with Crippen molar-refractivity contribution in [3.05, 3.63) is 0 Å². The predicted molar refractivity (Wildman–Crippen MR) is 164 cm³/mol. The van der Waals surface area contributed by atoms with Crippen molar-refractivity contribution in [3.8, 4) is 0 Å². The quantitative estimate of drug-likeness (QED) is 0.204. The van der Waals surface area contributed by atoms with E-state index in [0.717, 1.165) is 71.3 Å². The second-order valence-electron chi connectivity index (χ2n) is 14.4. The molecule has 11 atom stereocenters. The van der Waals surface area contributed by atoms with Crippen LogP contribution in [-0.4, -0.2) is 64.3 Å². The van der Waals surface area contributed by atoms with Crippen molar-refractivity contribution in [1.82, 2.24) is 0 Å². The highest BCUT2D eigenvalue weighted by atomic mass is 16.5. The molecule has 2 unspecified atom stereocenters. The van der Waals surface area contributed by atoms with E-state index in [2.05, 4.69) is 20.8 Å². The lowest BCUT2D eigenvalue weighted by molar-refractivity contribution is -0.227. The average molecular weight is 565 g/mol. The third-order valence-corrected chi connectivity index (χ3v) is 12.4. The van der Waals surface area contributed by atoms with Gasteiger partial charge in [0.25, 0.3) is 0 Å². The van der Waals surface area contributed by atoms with Crippen molar-refractivity contribution in [2.24, 2.45) is 69.3 Å². The van der Waals surface area contributed by atoms with E-state index in [-0.39, 0.29) is 11.5 Å². The Hall–Kier alpha value is -0.280. The molecular formula is C33H64N4O3. The Morgan fingerprint density at radius 2 is 1.38 bits per heavy atom. The number of rotatable bonds is 16. The number of nitrogens with two attached hydrogens (primary N) is 4. The summed E-state index contributed by atoms with van der Waals surface area (Å²) < 4.78 is 20.1. The Kier molecular flexibility index (Phi) is 12.2. The molecule has 4 fully saturated rings. The molecule has 4 saturated carbocycles. The molecule has 4 rings (SSSR count). The third kappa shape index (κ3) is 6.61. The normalized spacial score (nSPS) is 41.8. The van der Waals surface area contributed by atoms with E-state index in [0.29, 0.717) is 72.8 Å². The predicted octanol–water partition coefficient (Wildman–Crippen LogP) is 4.44. The van der Waals surface area contributed by atoms with Crippen molar-refractivity contribution in [2.75, 3.05) is 46.0 Å². The van der Waals surface area contributed by atoms with Crippen molar-refractivity contribution in [2.45, 2.75) is 116 Å². The monoisotopic (exact) mass is 564 g/mol. The summed E-state index contributed by atoms with van der Waals surface area (Å²) in [6.07, 6.45) is 14.6. The molecule has 0 spiro atoms. The topological polar surface area (TPSA) is 132 Å². The molecule has 234 valence electrons. The lowest BCUT2D eigenvalue weighted by atomic mass is 9.43. The smallest absolute Gasteiger partial charge is 0.0637 e. The van der Waals surface area contributed by atoms with E-state index in [1.54, 1.807) is 0 Å². The second kappa shape index (κ2) is 14.9. The van der Waals surface area contributed by atoms with E-state index < -0.39 is 0 Å². The molecule has 4 aliphatic rings. The number of hydrogen-bond donors (Lipinski definition) is 4. The summed E-state index contributed by atoms with van der Waals surface area (Å²) >= 11 is 0. The number of fused-ring (bicyclic) bond motifs is 5. The first kappa shape index (κ1) is 32.6. The highest BCUT2D eigenvalue weighted by Gasteiger charge is 2.66. The molecule has 7 heteroatoms. The zero-order valence-corrected chi connectivity index (χ0v) is 26.2. The first-order valence-corrected chi connectivity index (χ1v) is 17.0. The summed E-state index contributed by atoms with van der Waals surface area (Å²) in [7, 11) is 0. The summed E-state index contributed by atoms with van der Waals surface area (Å²) in [6, 6.07) is 0. The van der Waals surface area contributed by atoms with E-state index in [9.17, 15) is 0 Å². The van der Waals surface area contributed by atoms with E-state index in [1.807, 2.05) is 0 Å². The number of ether oxygens (including phenoxy) is 3. The lowest BCUT2D eigenvalue weighted by Gasteiger charge is -2.65. The van der Waals surface area contributed by atoms with Crippen LogP contribution in [0.15, 0.2) is 0 Å². The second-order valence-corrected chi connectivity index (χ2v) is 14.4. The molecule has 40 heavy (non-hydrogen) atoms. The number of hydrogen-bond acceptors (Lipinski definition) is 7. The third-order valence-electron chi connectivity index (χ3n) is 12.4. The van der Waals surface area contributed by atoms with Crippen LogP contribution >= 0.6 is 0 Å². The maximum atomic E-state index is 6.92. The van der Waals surface area contributed by atoms with Crippen molar-refractivity contribution in [3.63, 3.8) is 0 Å². The molecule has 0 bridgehead atoms. The summed E-state index contributed by atoms with van der Waals surface area (Å²) in [5.41, 5.74) is 24.0. The minimum absolute atomic E-state index is 0.172. The largest absolute Gasteiger partial charge is 0.378 e. The first-order chi connectivity index (χ1) is 19.3. The van der Waals surface area contributed by atoms with Gasteiger partial charge in [0.15, 0.2) is 0 Å². The van der Waals surface area contributed by atoms with Crippen LogP contribution in [-0.2, 0) is 14.2 Å². The van der Waals surface area contributed by atoms with Crippen LogP contribution in [0, 0.1) is 46.3 Å². The molecular weight excluding hydrogens is 500 g/mol. The molecule has 4 aliphatic carbocycles. The minimum Gasteiger partial charge on any atom is -0.378 e. The molecule has 0 aromatic rings. The minimum atomic E-state index is 0.172. The Bertz CT molecular complexity index is 757. The SMILES string of the molecule is C[C@H](CCCN)[C@H]1CC[C@H]2C3[C@H](OCCCN)CC4C[C@H](OCCCN)CC[C@]4(C)[C@H]3C[C@H](OCCCN)[C@]12C. The maximum Gasteiger partial charge on any atom is 0.0637 e. The van der Waals surface area contributed by atoms with Gasteiger partial charge in [-0.25, -0.2) is 0 Å². The van der Waals surface area contributed by atoms with Crippen LogP contribution in [0.3, 0.4) is 0 Å². The highest BCUT2D eigenvalue weighted by molar-refractivity contribution is 5.15. The molecule has 0 aromatic heterocycles. The van der Waals surface area contributed by atoms with Gasteiger partial charge in [0.2, 0.25) is 0 Å². The van der Waals surface area contributed by atoms with Gasteiger partial charge < -0.3 is 37.1 Å². The van der Waals surface area contributed by atoms with Crippen molar-refractivity contribution >= 4 is 0 Å². The molecule has 8 N–H and O–H groups in total. The summed E-state index contributed by atoms with van der Waals surface area (Å²) in [6.45, 7) is 12.9. The Morgan fingerprint density at radius 1 is 0.725 bits per heavy atom. The van der Waals surface area contributed by atoms with Gasteiger partial charge in [0.05, 0.1) is 18.3 Å². The maximum absolute atomic E-state index is 6.92. The van der Waals surface area contributed by atoms with E-state index in [1.165, 1.54) is 32.1 Å². The fourth-order valence-electron chi connectivity index (χ4n) is 10.2. The van der Waals surface area contributed by atoms with Crippen LogP contribution in [0.4, 0.5) is 0 Å². The van der Waals surface area contributed by atoms with Crippen LogP contribution in [0.5, 0.6) is 0 Å². The van der Waals surface area contributed by atoms with Gasteiger partial charge in [-0.2, -0.15) is 0 Å². The molecule has 7 nitrogen and oxygen atoms in total. The van der Waals surface area contributed by atoms with Gasteiger partial charge in [-0.3, -0.25) is 0 Å². The van der Waals surface area contributed by atoms with Gasteiger partial charge in [-0.1, -0.05) is 20.8 Å². The Labute approximate surface area is 245 Å². The van der Waals surface area contributed by atoms with Crippen molar-refractivity contribution in [1.29, 1.82) is 0 Å². The fraction of sp³-hybridized carbons (Fsp3) is 1.00. The van der Waals surface area contributed by atoms with Crippen LogP contribution in [0.2, 0.25) is 0 Å². The summed E-state index contributed by atoms with van der Waals surface area (Å²) in [4.78, 5) is 0. The van der Waals surface area contributed by atoms with E-state index >= 15 is 0 Å². The Morgan fingerprint density at radius 3 is 2.05 bits per heavy atom.